The zero-order valence-corrected chi connectivity index (χ0v) is 9.26. The van der Waals surface area contributed by atoms with Crippen LogP contribution in [-0.4, -0.2) is 10.2 Å². The van der Waals surface area contributed by atoms with Crippen LogP contribution in [0.15, 0.2) is 30.5 Å². The van der Waals surface area contributed by atoms with E-state index in [1.165, 1.54) is 12.1 Å². The molecule has 0 saturated heterocycles. The molecule has 0 atom stereocenters. The molecule has 0 amide bonds. The lowest BCUT2D eigenvalue weighted by atomic mass is 10.2. The van der Waals surface area contributed by atoms with Crippen molar-refractivity contribution in [1.82, 2.24) is 15.5 Å². The topological polar surface area (TPSA) is 40.7 Å². The van der Waals surface area contributed by atoms with E-state index in [9.17, 15) is 4.39 Å². The Labute approximate surface area is 97.6 Å². The van der Waals surface area contributed by atoms with Crippen LogP contribution in [0, 0.1) is 5.82 Å². The molecule has 5 heteroatoms. The van der Waals surface area contributed by atoms with Gasteiger partial charge in [-0.05, 0) is 23.8 Å². The molecule has 0 aliphatic rings. The van der Waals surface area contributed by atoms with Crippen LogP contribution in [0.4, 0.5) is 4.39 Å². The van der Waals surface area contributed by atoms with Crippen LogP contribution in [0.2, 0.25) is 5.02 Å². The van der Waals surface area contributed by atoms with E-state index in [1.54, 1.807) is 12.3 Å². The summed E-state index contributed by atoms with van der Waals surface area (Å²) in [4.78, 5) is 0. The Bertz CT molecular complexity index is 456. The maximum absolute atomic E-state index is 12.8. The van der Waals surface area contributed by atoms with Crippen LogP contribution in [0.3, 0.4) is 0 Å². The highest BCUT2D eigenvalue weighted by atomic mass is 35.5. The zero-order valence-electron chi connectivity index (χ0n) is 8.50. The number of benzene rings is 1. The summed E-state index contributed by atoms with van der Waals surface area (Å²) >= 11 is 5.89. The first-order valence-corrected chi connectivity index (χ1v) is 5.26. The van der Waals surface area contributed by atoms with E-state index < -0.39 is 0 Å². The van der Waals surface area contributed by atoms with Crippen molar-refractivity contribution in [3.8, 4) is 0 Å². The highest BCUT2D eigenvalue weighted by molar-refractivity contribution is 6.31. The number of halogens is 2. The number of rotatable bonds is 4. The highest BCUT2D eigenvalue weighted by Gasteiger charge is 2.01. The lowest BCUT2D eigenvalue weighted by Crippen LogP contribution is -2.13. The van der Waals surface area contributed by atoms with Crippen LogP contribution in [0.5, 0.6) is 0 Å². The van der Waals surface area contributed by atoms with E-state index in [-0.39, 0.29) is 5.82 Å². The maximum Gasteiger partial charge on any atom is 0.124 e. The molecular weight excluding hydrogens is 229 g/mol. The third kappa shape index (κ3) is 2.81. The van der Waals surface area contributed by atoms with Crippen molar-refractivity contribution in [1.29, 1.82) is 0 Å². The van der Waals surface area contributed by atoms with E-state index in [0.717, 1.165) is 11.3 Å². The van der Waals surface area contributed by atoms with E-state index in [0.29, 0.717) is 18.1 Å². The molecule has 2 aromatic rings. The van der Waals surface area contributed by atoms with Crippen molar-refractivity contribution in [2.24, 2.45) is 0 Å². The summed E-state index contributed by atoms with van der Waals surface area (Å²) in [5.74, 6) is -0.317. The molecule has 16 heavy (non-hydrogen) atoms. The van der Waals surface area contributed by atoms with E-state index >= 15 is 0 Å². The van der Waals surface area contributed by atoms with Gasteiger partial charge in [0.05, 0.1) is 0 Å². The summed E-state index contributed by atoms with van der Waals surface area (Å²) in [6.45, 7) is 1.27. The second-order valence-electron chi connectivity index (χ2n) is 3.42. The molecule has 84 valence electrons. The van der Waals surface area contributed by atoms with Crippen molar-refractivity contribution >= 4 is 11.6 Å². The van der Waals surface area contributed by atoms with Crippen molar-refractivity contribution in [3.63, 3.8) is 0 Å². The Balaban J connectivity index is 1.90. The first-order chi connectivity index (χ1) is 7.75. The second-order valence-corrected chi connectivity index (χ2v) is 3.83. The Morgan fingerprint density at radius 3 is 2.88 bits per heavy atom. The lowest BCUT2D eigenvalue weighted by molar-refractivity contribution is 0.624. The molecule has 2 rings (SSSR count). The molecule has 1 aromatic carbocycles. The Hall–Kier alpha value is -1.39. The molecule has 0 bridgehead atoms. The normalized spacial score (nSPS) is 10.6. The predicted octanol–water partition coefficient (Wildman–Crippen LogP) is 2.49. The third-order valence-corrected chi connectivity index (χ3v) is 2.56. The number of nitrogens with one attached hydrogen (secondary N) is 2. The Morgan fingerprint density at radius 2 is 2.19 bits per heavy atom. The Kier molecular flexibility index (Phi) is 3.54. The van der Waals surface area contributed by atoms with Gasteiger partial charge in [-0.1, -0.05) is 17.7 Å². The summed E-state index contributed by atoms with van der Waals surface area (Å²) < 4.78 is 12.8. The fourth-order valence-electron chi connectivity index (χ4n) is 1.38. The lowest BCUT2D eigenvalue weighted by Gasteiger charge is -2.05. The van der Waals surface area contributed by atoms with Crippen molar-refractivity contribution < 1.29 is 4.39 Å². The average Bonchev–Trinajstić information content (AvgIpc) is 2.74. The van der Waals surface area contributed by atoms with Gasteiger partial charge in [0, 0.05) is 30.0 Å². The summed E-state index contributed by atoms with van der Waals surface area (Å²) in [7, 11) is 0. The van der Waals surface area contributed by atoms with Crippen molar-refractivity contribution in [2.75, 3.05) is 0 Å². The van der Waals surface area contributed by atoms with Gasteiger partial charge in [0.15, 0.2) is 0 Å². The van der Waals surface area contributed by atoms with Gasteiger partial charge >= 0.3 is 0 Å². The van der Waals surface area contributed by atoms with Crippen LogP contribution in [0.1, 0.15) is 11.3 Å². The van der Waals surface area contributed by atoms with Gasteiger partial charge in [0.1, 0.15) is 5.82 Å². The van der Waals surface area contributed by atoms with E-state index in [4.69, 9.17) is 11.6 Å². The van der Waals surface area contributed by atoms with Gasteiger partial charge in [-0.3, -0.25) is 5.10 Å². The van der Waals surface area contributed by atoms with Gasteiger partial charge in [-0.25, -0.2) is 4.39 Å². The number of H-pyrrole nitrogens is 1. The number of aromatic amines is 1. The van der Waals surface area contributed by atoms with Gasteiger partial charge in [0.25, 0.3) is 0 Å². The molecule has 0 aliphatic carbocycles. The summed E-state index contributed by atoms with van der Waals surface area (Å²) in [6.07, 6.45) is 1.70. The molecule has 0 fully saturated rings. The average molecular weight is 240 g/mol. The van der Waals surface area contributed by atoms with Crippen LogP contribution in [0.25, 0.3) is 0 Å². The molecule has 2 N–H and O–H groups in total. The standard InChI is InChI=1S/C11H11ClFN3/c12-11-5-9(13)2-1-8(11)6-14-7-10-3-4-15-16-10/h1-5,14H,6-7H2,(H,15,16). The molecule has 3 nitrogen and oxygen atoms in total. The first-order valence-electron chi connectivity index (χ1n) is 4.88. The fraction of sp³-hybridized carbons (Fsp3) is 0.182. The first kappa shape index (κ1) is 11.1. The summed E-state index contributed by atoms with van der Waals surface area (Å²) in [5.41, 5.74) is 1.88. The highest BCUT2D eigenvalue weighted by Crippen LogP contribution is 2.16. The van der Waals surface area contributed by atoms with Crippen LogP contribution in [-0.2, 0) is 13.1 Å². The second kappa shape index (κ2) is 5.09. The maximum atomic E-state index is 12.8. The molecule has 0 saturated carbocycles. The van der Waals surface area contributed by atoms with Gasteiger partial charge in [-0.2, -0.15) is 5.10 Å². The Morgan fingerprint density at radius 1 is 1.31 bits per heavy atom. The van der Waals surface area contributed by atoms with Crippen molar-refractivity contribution in [3.05, 3.63) is 52.6 Å². The monoisotopic (exact) mass is 239 g/mol. The molecule has 0 spiro atoms. The summed E-state index contributed by atoms with van der Waals surface area (Å²) in [6, 6.07) is 6.28. The number of aromatic nitrogens is 2. The number of hydrogen-bond donors (Lipinski definition) is 2. The van der Waals surface area contributed by atoms with Crippen molar-refractivity contribution in [2.45, 2.75) is 13.1 Å². The molecule has 0 radical (unpaired) electrons. The molecular formula is C11H11ClFN3. The molecule has 0 unspecified atom stereocenters. The van der Waals surface area contributed by atoms with Crippen LogP contribution < -0.4 is 5.32 Å². The number of hydrogen-bond acceptors (Lipinski definition) is 2. The van der Waals surface area contributed by atoms with E-state index in [1.807, 2.05) is 6.07 Å². The molecule has 0 aliphatic heterocycles. The minimum absolute atomic E-state index is 0.317. The molecule has 1 aromatic heterocycles. The van der Waals surface area contributed by atoms with Gasteiger partial charge in [-0.15, -0.1) is 0 Å². The smallest absolute Gasteiger partial charge is 0.124 e. The van der Waals surface area contributed by atoms with E-state index in [2.05, 4.69) is 15.5 Å². The minimum Gasteiger partial charge on any atom is -0.307 e. The summed E-state index contributed by atoms with van der Waals surface area (Å²) in [5, 5.41) is 10.3. The zero-order chi connectivity index (χ0) is 11.4. The minimum atomic E-state index is -0.317. The van der Waals surface area contributed by atoms with Gasteiger partial charge in [0.2, 0.25) is 0 Å². The van der Waals surface area contributed by atoms with Gasteiger partial charge < -0.3 is 5.32 Å². The predicted molar refractivity (Wildman–Crippen MR) is 60.5 cm³/mol. The molecule has 1 heterocycles. The quantitative estimate of drug-likeness (QED) is 0.861. The number of nitrogens with zero attached hydrogens (tertiary/aromatic N) is 1. The van der Waals surface area contributed by atoms with Crippen LogP contribution >= 0.6 is 11.6 Å². The third-order valence-electron chi connectivity index (χ3n) is 2.20. The fourth-order valence-corrected chi connectivity index (χ4v) is 1.61. The SMILES string of the molecule is Fc1ccc(CNCc2ccn[nH]2)c(Cl)c1. The largest absolute Gasteiger partial charge is 0.307 e.